The van der Waals surface area contributed by atoms with E-state index < -0.39 is 35.4 Å². The Labute approximate surface area is 197 Å². The number of esters is 1. The van der Waals surface area contributed by atoms with Crippen LogP contribution >= 0.6 is 0 Å². The number of nitriles is 1. The average molecular weight is 471 g/mol. The number of fused-ring (bicyclic) bond motifs is 1. The van der Waals surface area contributed by atoms with Crippen molar-refractivity contribution in [2.75, 3.05) is 11.9 Å². The summed E-state index contributed by atoms with van der Waals surface area (Å²) in [6.45, 7) is 5.25. The van der Waals surface area contributed by atoms with E-state index in [1.54, 1.807) is 19.1 Å². The molecular weight excluding hydrogens is 440 g/mol. The molecule has 11 heteroatoms. The maximum atomic E-state index is 12.4. The van der Waals surface area contributed by atoms with Crippen LogP contribution in [-0.2, 0) is 19.9 Å². The lowest BCUT2D eigenvalue weighted by Gasteiger charge is -2.32. The fraction of sp³-hybridized carbons (Fsp3) is 0.565. The highest BCUT2D eigenvalue weighted by molar-refractivity contribution is 5.71. The molecule has 0 unspecified atom stereocenters. The Kier molecular flexibility index (Phi) is 6.60. The lowest BCUT2D eigenvalue weighted by atomic mass is 9.80. The van der Waals surface area contributed by atoms with E-state index in [-0.39, 0.29) is 18.7 Å². The number of rotatable bonds is 7. The molecule has 34 heavy (non-hydrogen) atoms. The minimum Gasteiger partial charge on any atom is -0.463 e. The lowest BCUT2D eigenvalue weighted by Crippen LogP contribution is -2.44. The number of carbonyl (C=O) groups is 1. The van der Waals surface area contributed by atoms with Crippen LogP contribution < -0.4 is 11.1 Å². The molecule has 2 fully saturated rings. The third-order valence-electron chi connectivity index (χ3n) is 6.54. The highest BCUT2D eigenvalue weighted by Crippen LogP contribution is 2.40. The summed E-state index contributed by atoms with van der Waals surface area (Å²) in [6, 6.07) is 5.23. The van der Waals surface area contributed by atoms with Gasteiger partial charge in [-0.15, -0.1) is 0 Å². The van der Waals surface area contributed by atoms with Crippen molar-refractivity contribution in [1.29, 1.82) is 5.26 Å². The van der Waals surface area contributed by atoms with Crippen LogP contribution in [0.4, 0.5) is 5.82 Å². The van der Waals surface area contributed by atoms with Gasteiger partial charge in [0.15, 0.2) is 5.82 Å². The number of aromatic nitrogens is 3. The molecule has 0 bridgehead atoms. The molecule has 0 aromatic carbocycles. The van der Waals surface area contributed by atoms with Crippen molar-refractivity contribution >= 4 is 17.3 Å². The summed E-state index contributed by atoms with van der Waals surface area (Å²) in [7, 11) is 0. The number of allylic oxidation sites excluding steroid dienone is 1. The van der Waals surface area contributed by atoms with E-state index in [0.717, 1.165) is 32.1 Å². The van der Waals surface area contributed by atoms with Crippen molar-refractivity contribution in [3.63, 3.8) is 0 Å². The Hall–Kier alpha value is -3.04. The minimum atomic E-state index is -1.93. The number of anilines is 1. The number of hydrogen-bond donors (Lipinski definition) is 4. The molecule has 1 saturated heterocycles. The number of aliphatic hydroxyl groups is 2. The van der Waals surface area contributed by atoms with Gasteiger partial charge in [0, 0.05) is 11.2 Å². The van der Waals surface area contributed by atoms with E-state index in [0.29, 0.717) is 17.0 Å². The fourth-order valence-electron chi connectivity index (χ4n) is 4.78. The summed E-state index contributed by atoms with van der Waals surface area (Å²) in [5, 5.41) is 38.7. The van der Waals surface area contributed by atoms with Crippen molar-refractivity contribution in [2.24, 2.45) is 5.73 Å². The smallest absolute Gasteiger partial charge is 0.307 e. The molecule has 3 heterocycles. The van der Waals surface area contributed by atoms with Crippen LogP contribution in [-0.4, -0.2) is 61.2 Å². The summed E-state index contributed by atoms with van der Waals surface area (Å²) in [4.78, 5) is 16.6. The summed E-state index contributed by atoms with van der Waals surface area (Å²) in [6.07, 6.45) is 1.75. The molecule has 1 aliphatic carbocycles. The Morgan fingerprint density at radius 1 is 1.41 bits per heavy atom. The van der Waals surface area contributed by atoms with Crippen LogP contribution in [0.2, 0.25) is 0 Å². The fourth-order valence-corrected chi connectivity index (χ4v) is 4.78. The number of aliphatic hydroxyl groups excluding tert-OH is 2. The largest absolute Gasteiger partial charge is 0.463 e. The monoisotopic (exact) mass is 470 g/mol. The van der Waals surface area contributed by atoms with Crippen molar-refractivity contribution in [3.05, 3.63) is 36.4 Å². The molecule has 182 valence electrons. The predicted octanol–water partition coefficient (Wildman–Crippen LogP) is 1.11. The predicted molar refractivity (Wildman–Crippen MR) is 121 cm³/mol. The average Bonchev–Trinajstić information content (AvgIpc) is 3.33. The molecule has 2 aliphatic rings. The van der Waals surface area contributed by atoms with Gasteiger partial charge < -0.3 is 30.7 Å². The van der Waals surface area contributed by atoms with E-state index in [1.807, 2.05) is 6.07 Å². The Morgan fingerprint density at radius 2 is 2.15 bits per heavy atom. The van der Waals surface area contributed by atoms with E-state index in [1.165, 1.54) is 10.8 Å². The van der Waals surface area contributed by atoms with Crippen LogP contribution in [0, 0.1) is 11.3 Å². The highest BCUT2D eigenvalue weighted by Gasteiger charge is 2.58. The number of nitrogens with zero attached hydrogens (tertiary/aromatic N) is 4. The SMILES string of the molecule is C=C(C)Nc1ncnn2c([C@]3(C#N)O[C@H](COC(=O)CC4(N)CCCCC4)[C@@H](O)[C@H]3O)ccc12. The number of carbonyl (C=O) groups excluding carboxylic acids is 1. The maximum Gasteiger partial charge on any atom is 0.307 e. The van der Waals surface area contributed by atoms with Gasteiger partial charge in [0.25, 0.3) is 0 Å². The van der Waals surface area contributed by atoms with Crippen LogP contribution in [0.25, 0.3) is 5.52 Å². The van der Waals surface area contributed by atoms with Crippen LogP contribution in [0.3, 0.4) is 0 Å². The number of hydrogen-bond acceptors (Lipinski definition) is 10. The van der Waals surface area contributed by atoms with Gasteiger partial charge in [-0.25, -0.2) is 9.50 Å². The Morgan fingerprint density at radius 3 is 2.82 bits per heavy atom. The first kappa shape index (κ1) is 24.1. The molecule has 2 aromatic heterocycles. The van der Waals surface area contributed by atoms with Crippen molar-refractivity contribution in [1.82, 2.24) is 14.6 Å². The van der Waals surface area contributed by atoms with E-state index >= 15 is 0 Å². The van der Waals surface area contributed by atoms with E-state index in [2.05, 4.69) is 22.0 Å². The molecule has 0 amide bonds. The lowest BCUT2D eigenvalue weighted by molar-refractivity contribution is -0.152. The molecule has 1 aliphatic heterocycles. The van der Waals surface area contributed by atoms with Gasteiger partial charge >= 0.3 is 5.97 Å². The van der Waals surface area contributed by atoms with Gasteiger partial charge in [0.05, 0.1) is 12.1 Å². The molecule has 2 aromatic rings. The number of ether oxygens (including phenoxy) is 2. The second kappa shape index (κ2) is 9.31. The molecule has 4 atom stereocenters. The quantitative estimate of drug-likeness (QED) is 0.430. The molecule has 5 N–H and O–H groups in total. The van der Waals surface area contributed by atoms with Crippen LogP contribution in [0.1, 0.15) is 51.1 Å². The molecule has 11 nitrogen and oxygen atoms in total. The maximum absolute atomic E-state index is 12.4. The second-order valence-electron chi connectivity index (χ2n) is 9.25. The molecule has 4 rings (SSSR count). The van der Waals surface area contributed by atoms with Crippen molar-refractivity contribution < 1.29 is 24.5 Å². The Bertz CT molecular complexity index is 1120. The molecular formula is C23H30N6O5. The van der Waals surface area contributed by atoms with E-state index in [4.69, 9.17) is 15.2 Å². The Balaban J connectivity index is 1.52. The molecule has 0 spiro atoms. The van der Waals surface area contributed by atoms with Crippen molar-refractivity contribution in [2.45, 2.75) is 74.9 Å². The topological polar surface area (TPSA) is 168 Å². The third kappa shape index (κ3) is 4.37. The summed E-state index contributed by atoms with van der Waals surface area (Å²) < 4.78 is 12.6. The second-order valence-corrected chi connectivity index (χ2v) is 9.25. The highest BCUT2D eigenvalue weighted by atomic mass is 16.6. The van der Waals surface area contributed by atoms with Gasteiger partial charge in [-0.3, -0.25) is 4.79 Å². The standard InChI is InChI=1S/C23H30N6O5/c1-14(2)28-21-15-6-7-17(29(15)27-13-26-21)23(12-24)20(32)19(31)16(34-23)11-33-18(30)10-22(25)8-4-3-5-9-22/h6-7,13,16,19-20,31-32H,1,3-5,8-11,25H2,2H3,(H,26,27,28)/t16-,19-,20-,23+/m1/s1. The minimum absolute atomic E-state index is 0.0700. The normalized spacial score (nSPS) is 28.4. The first-order valence-electron chi connectivity index (χ1n) is 11.3. The summed E-state index contributed by atoms with van der Waals surface area (Å²) in [5.41, 5.74) is 5.20. The van der Waals surface area contributed by atoms with Gasteiger partial charge in [-0.05, 0) is 31.9 Å². The van der Waals surface area contributed by atoms with E-state index in [9.17, 15) is 20.3 Å². The molecule has 0 radical (unpaired) electrons. The first-order valence-corrected chi connectivity index (χ1v) is 11.3. The first-order chi connectivity index (χ1) is 16.2. The zero-order chi connectivity index (χ0) is 24.5. The summed E-state index contributed by atoms with van der Waals surface area (Å²) in [5.74, 6) is -0.0423. The van der Waals surface area contributed by atoms with Gasteiger partial charge in [-0.2, -0.15) is 10.4 Å². The zero-order valence-electron chi connectivity index (χ0n) is 19.1. The van der Waals surface area contributed by atoms with Crippen molar-refractivity contribution in [3.8, 4) is 6.07 Å². The molecule has 1 saturated carbocycles. The van der Waals surface area contributed by atoms with Gasteiger partial charge in [-0.1, -0.05) is 25.8 Å². The van der Waals surface area contributed by atoms with Crippen LogP contribution in [0.15, 0.2) is 30.7 Å². The number of nitrogens with one attached hydrogen (secondary N) is 1. The van der Waals surface area contributed by atoms with Crippen LogP contribution in [0.5, 0.6) is 0 Å². The zero-order valence-corrected chi connectivity index (χ0v) is 19.1. The third-order valence-corrected chi connectivity index (χ3v) is 6.54. The summed E-state index contributed by atoms with van der Waals surface area (Å²) >= 11 is 0. The number of nitrogens with two attached hydrogens (primary N) is 1. The van der Waals surface area contributed by atoms with Gasteiger partial charge in [0.2, 0.25) is 5.60 Å². The van der Waals surface area contributed by atoms with Gasteiger partial charge in [0.1, 0.15) is 42.8 Å².